The molecule has 2 atom stereocenters. The van der Waals surface area contributed by atoms with E-state index in [1.165, 1.54) is 0 Å². The molecule has 0 saturated carbocycles. The van der Waals surface area contributed by atoms with Crippen LogP contribution in [-0.4, -0.2) is 31.6 Å². The highest BCUT2D eigenvalue weighted by atomic mass is 35.5. The van der Waals surface area contributed by atoms with Crippen molar-refractivity contribution in [2.24, 2.45) is 5.92 Å². The Morgan fingerprint density at radius 1 is 1.23 bits per heavy atom. The predicted octanol–water partition coefficient (Wildman–Crippen LogP) is 1.40. The van der Waals surface area contributed by atoms with Gasteiger partial charge in [-0.25, -0.2) is 5.43 Å². The molecule has 1 aromatic carbocycles. The van der Waals surface area contributed by atoms with E-state index in [-0.39, 0.29) is 36.3 Å². The maximum Gasteiger partial charge on any atom is 0.226 e. The van der Waals surface area contributed by atoms with Crippen LogP contribution in [0, 0.1) is 5.92 Å². The molecular weight excluding hydrogens is 323 g/mol. The number of hydrogen-bond acceptors (Lipinski definition) is 4. The Hall–Kier alpha value is -0.850. The van der Waals surface area contributed by atoms with Crippen LogP contribution in [0.25, 0.3) is 0 Å². The van der Waals surface area contributed by atoms with E-state index < -0.39 is 0 Å². The average molecular weight is 345 g/mol. The van der Waals surface area contributed by atoms with Crippen LogP contribution in [0.4, 0.5) is 0 Å². The maximum atomic E-state index is 12.6. The minimum atomic E-state index is -0.139. The van der Waals surface area contributed by atoms with Crippen LogP contribution in [0.3, 0.4) is 0 Å². The lowest BCUT2D eigenvalue weighted by Crippen LogP contribution is -2.46. The highest BCUT2D eigenvalue weighted by molar-refractivity contribution is 6.31. The zero-order valence-electron chi connectivity index (χ0n) is 12.3. The number of halogens is 2. The van der Waals surface area contributed by atoms with Crippen molar-refractivity contribution in [2.75, 3.05) is 19.6 Å². The molecule has 2 heterocycles. The maximum absolute atomic E-state index is 12.6. The summed E-state index contributed by atoms with van der Waals surface area (Å²) < 4.78 is 0. The quantitative estimate of drug-likeness (QED) is 0.669. The third-order valence-electron chi connectivity index (χ3n) is 4.24. The number of carbonyl (C=O) groups excluding carboxylic acids is 1. The Morgan fingerprint density at radius 3 is 2.68 bits per heavy atom. The van der Waals surface area contributed by atoms with Crippen molar-refractivity contribution in [1.82, 2.24) is 21.5 Å². The second-order valence-corrected chi connectivity index (χ2v) is 6.07. The lowest BCUT2D eigenvalue weighted by atomic mass is 9.93. The molecule has 0 spiro atoms. The molecule has 5 nitrogen and oxygen atoms in total. The van der Waals surface area contributed by atoms with Gasteiger partial charge >= 0.3 is 0 Å². The van der Waals surface area contributed by atoms with Gasteiger partial charge in [0.1, 0.15) is 0 Å². The molecule has 122 valence electrons. The van der Waals surface area contributed by atoms with Crippen LogP contribution in [0.2, 0.25) is 5.02 Å². The number of piperidine rings is 1. The third kappa shape index (κ3) is 3.91. The van der Waals surface area contributed by atoms with Crippen LogP contribution in [0.1, 0.15) is 24.4 Å². The van der Waals surface area contributed by atoms with Crippen molar-refractivity contribution in [3.05, 3.63) is 34.9 Å². The lowest BCUT2D eigenvalue weighted by Gasteiger charge is -2.26. The fraction of sp³-hybridized carbons (Fsp3) is 0.533. The summed E-state index contributed by atoms with van der Waals surface area (Å²) in [7, 11) is 0. The van der Waals surface area contributed by atoms with Gasteiger partial charge in [0, 0.05) is 17.6 Å². The van der Waals surface area contributed by atoms with E-state index in [1.807, 2.05) is 24.3 Å². The summed E-state index contributed by atoms with van der Waals surface area (Å²) in [6, 6.07) is 7.88. The molecule has 1 aromatic rings. The van der Waals surface area contributed by atoms with Gasteiger partial charge in [0.15, 0.2) is 0 Å². The molecule has 2 fully saturated rings. The summed E-state index contributed by atoms with van der Waals surface area (Å²) >= 11 is 6.26. The number of amides is 1. The summed E-state index contributed by atoms with van der Waals surface area (Å²) in [4.78, 5) is 12.6. The highest BCUT2D eigenvalue weighted by Crippen LogP contribution is 2.30. The van der Waals surface area contributed by atoms with Crippen LogP contribution < -0.4 is 21.5 Å². The number of hydrogen-bond donors (Lipinski definition) is 4. The van der Waals surface area contributed by atoms with Gasteiger partial charge < -0.3 is 10.6 Å². The van der Waals surface area contributed by atoms with Gasteiger partial charge in [0.25, 0.3) is 0 Å². The fourth-order valence-electron chi connectivity index (χ4n) is 3.04. The third-order valence-corrected chi connectivity index (χ3v) is 4.59. The number of benzene rings is 1. The van der Waals surface area contributed by atoms with Gasteiger partial charge in [-0.05, 0) is 37.6 Å². The van der Waals surface area contributed by atoms with Gasteiger partial charge in [-0.15, -0.1) is 12.4 Å². The summed E-state index contributed by atoms with van der Waals surface area (Å²) in [5, 5.41) is 7.18. The fourth-order valence-corrected chi connectivity index (χ4v) is 3.29. The van der Waals surface area contributed by atoms with E-state index in [2.05, 4.69) is 21.5 Å². The zero-order valence-corrected chi connectivity index (χ0v) is 13.8. The van der Waals surface area contributed by atoms with Crippen molar-refractivity contribution >= 4 is 29.9 Å². The van der Waals surface area contributed by atoms with E-state index in [9.17, 15) is 4.79 Å². The lowest BCUT2D eigenvalue weighted by molar-refractivity contribution is -0.125. The van der Waals surface area contributed by atoms with Gasteiger partial charge in [0.05, 0.1) is 12.0 Å². The predicted molar refractivity (Wildman–Crippen MR) is 90.1 cm³/mol. The Bertz CT molecular complexity index is 508. The number of hydrazine groups is 1. The minimum Gasteiger partial charge on any atom is -0.353 e. The Morgan fingerprint density at radius 2 is 1.95 bits per heavy atom. The Labute approximate surface area is 141 Å². The first-order valence-electron chi connectivity index (χ1n) is 7.49. The monoisotopic (exact) mass is 344 g/mol. The van der Waals surface area contributed by atoms with E-state index in [4.69, 9.17) is 11.6 Å². The summed E-state index contributed by atoms with van der Waals surface area (Å²) in [6.07, 6.45) is 1.99. The van der Waals surface area contributed by atoms with Gasteiger partial charge in [-0.3, -0.25) is 10.2 Å². The molecule has 2 aliphatic rings. The second-order valence-electron chi connectivity index (χ2n) is 5.66. The van der Waals surface area contributed by atoms with Crippen LogP contribution in [-0.2, 0) is 4.79 Å². The molecule has 0 aromatic heterocycles. The molecule has 0 bridgehead atoms. The van der Waals surface area contributed by atoms with Gasteiger partial charge in [-0.1, -0.05) is 29.8 Å². The van der Waals surface area contributed by atoms with Gasteiger partial charge in [-0.2, -0.15) is 0 Å². The molecule has 4 N–H and O–H groups in total. The topological polar surface area (TPSA) is 65.2 Å². The van der Waals surface area contributed by atoms with Crippen molar-refractivity contribution in [3.63, 3.8) is 0 Å². The number of carbonyl (C=O) groups is 1. The summed E-state index contributed by atoms with van der Waals surface area (Å²) in [5.74, 6) is -0.0379. The smallest absolute Gasteiger partial charge is 0.226 e. The van der Waals surface area contributed by atoms with Gasteiger partial charge in [0.2, 0.25) is 5.91 Å². The van der Waals surface area contributed by atoms with Crippen molar-refractivity contribution in [1.29, 1.82) is 0 Å². The first-order chi connectivity index (χ1) is 10.3. The SMILES string of the molecule is Cl.O=C(NC1CCNCC1)C1CNNC1c1ccccc1Cl. The molecule has 7 heteroatoms. The molecule has 2 saturated heterocycles. The molecular formula is C15H22Cl2N4O. The summed E-state index contributed by atoms with van der Waals surface area (Å²) in [5.41, 5.74) is 7.23. The van der Waals surface area contributed by atoms with Crippen LogP contribution in [0.5, 0.6) is 0 Å². The molecule has 0 aliphatic carbocycles. The second kappa shape index (κ2) is 8.13. The standard InChI is InChI=1S/C15H21ClN4O.ClH/c16-13-4-2-1-3-11(13)14-12(9-18-20-14)15(21)19-10-5-7-17-8-6-10;/h1-4,10,12,14,17-18,20H,5-9H2,(H,19,21);1H. The van der Waals surface area contributed by atoms with Crippen molar-refractivity contribution in [2.45, 2.75) is 24.9 Å². The first kappa shape index (κ1) is 17.5. The molecule has 2 aliphatic heterocycles. The van der Waals surface area contributed by atoms with E-state index >= 15 is 0 Å². The van der Waals surface area contributed by atoms with E-state index in [0.29, 0.717) is 11.6 Å². The van der Waals surface area contributed by atoms with Crippen LogP contribution in [0.15, 0.2) is 24.3 Å². The number of nitrogens with one attached hydrogen (secondary N) is 4. The summed E-state index contributed by atoms with van der Waals surface area (Å²) in [6.45, 7) is 2.56. The number of rotatable bonds is 3. The van der Waals surface area contributed by atoms with E-state index in [0.717, 1.165) is 31.5 Å². The minimum absolute atomic E-state index is 0. The first-order valence-corrected chi connectivity index (χ1v) is 7.87. The molecule has 0 radical (unpaired) electrons. The van der Waals surface area contributed by atoms with Crippen molar-refractivity contribution in [3.8, 4) is 0 Å². The van der Waals surface area contributed by atoms with Crippen molar-refractivity contribution < 1.29 is 4.79 Å². The highest BCUT2D eigenvalue weighted by Gasteiger charge is 2.35. The van der Waals surface area contributed by atoms with E-state index in [1.54, 1.807) is 0 Å². The molecule has 1 amide bonds. The largest absolute Gasteiger partial charge is 0.353 e. The molecule has 2 unspecified atom stereocenters. The average Bonchev–Trinajstić information content (AvgIpc) is 2.98. The normalized spacial score (nSPS) is 25.5. The van der Waals surface area contributed by atoms with Crippen LogP contribution >= 0.6 is 24.0 Å². The Kier molecular flexibility index (Phi) is 6.47. The zero-order chi connectivity index (χ0) is 14.7. The molecule has 3 rings (SSSR count). The Balaban J connectivity index is 0.00000176. The molecule has 22 heavy (non-hydrogen) atoms.